The lowest BCUT2D eigenvalue weighted by atomic mass is 10.1. The molecule has 1 aromatic rings. The summed E-state index contributed by atoms with van der Waals surface area (Å²) in [6.45, 7) is 0. The monoisotopic (exact) mass is 250 g/mol. The third-order valence-corrected chi connectivity index (χ3v) is 2.31. The van der Waals surface area contributed by atoms with E-state index in [1.807, 2.05) is 0 Å². The molecule has 1 aromatic carbocycles. The van der Waals surface area contributed by atoms with E-state index in [1.54, 1.807) is 0 Å². The van der Waals surface area contributed by atoms with E-state index in [4.69, 9.17) is 5.11 Å². The van der Waals surface area contributed by atoms with E-state index in [0.29, 0.717) is 6.07 Å². The molecule has 0 radical (unpaired) electrons. The Bertz CT molecular complexity index is 321. The van der Waals surface area contributed by atoms with Crippen LogP contribution in [0.2, 0.25) is 0 Å². The Morgan fingerprint density at radius 1 is 1.31 bits per heavy atom. The van der Waals surface area contributed by atoms with Gasteiger partial charge in [0.05, 0.1) is 0 Å². The van der Waals surface area contributed by atoms with Gasteiger partial charge in [-0.05, 0) is 17.7 Å². The molecule has 0 aromatic heterocycles. The van der Waals surface area contributed by atoms with Crippen molar-refractivity contribution in [3.8, 4) is 0 Å². The number of rotatable bonds is 2. The van der Waals surface area contributed by atoms with Crippen LogP contribution in [-0.4, -0.2) is 11.1 Å². The minimum absolute atomic E-state index is 0.0463. The molecule has 1 unspecified atom stereocenters. The molecule has 0 saturated heterocycles. The number of benzene rings is 1. The summed E-state index contributed by atoms with van der Waals surface area (Å²) in [6, 6.07) is 2.62. The van der Waals surface area contributed by atoms with Crippen molar-refractivity contribution in [3.63, 3.8) is 0 Å². The Hall–Kier alpha value is -0.970. The lowest BCUT2D eigenvalue weighted by Crippen LogP contribution is -2.05. The van der Waals surface area contributed by atoms with Crippen molar-refractivity contribution in [2.75, 3.05) is 0 Å². The molecule has 0 aliphatic heterocycles. The molecule has 0 amide bonds. The van der Waals surface area contributed by atoms with Gasteiger partial charge in [0.25, 0.3) is 0 Å². The van der Waals surface area contributed by atoms with Crippen molar-refractivity contribution in [1.82, 2.24) is 0 Å². The smallest absolute Gasteiger partial charge is 0.321 e. The highest BCUT2D eigenvalue weighted by Crippen LogP contribution is 2.24. The first-order chi connectivity index (χ1) is 6.00. The second-order valence-corrected chi connectivity index (χ2v) is 3.32. The maximum atomic E-state index is 12.6. The summed E-state index contributed by atoms with van der Waals surface area (Å²) >= 11 is 2.79. The van der Waals surface area contributed by atoms with E-state index in [1.165, 1.54) is 0 Å². The molecular formula is C8H5BrF2O2. The molecule has 0 bridgehead atoms. The van der Waals surface area contributed by atoms with Crippen LogP contribution in [0.3, 0.4) is 0 Å². The number of carboxylic acid groups (broad SMARTS) is 1. The predicted molar refractivity (Wildman–Crippen MR) is 45.7 cm³/mol. The second kappa shape index (κ2) is 3.83. The maximum absolute atomic E-state index is 12.6. The van der Waals surface area contributed by atoms with Gasteiger partial charge in [-0.3, -0.25) is 4.79 Å². The van der Waals surface area contributed by atoms with Gasteiger partial charge in [-0.15, -0.1) is 0 Å². The normalized spacial score (nSPS) is 12.5. The zero-order valence-corrected chi connectivity index (χ0v) is 7.88. The molecule has 70 valence electrons. The Morgan fingerprint density at radius 2 is 1.77 bits per heavy atom. The molecule has 0 fully saturated rings. The van der Waals surface area contributed by atoms with Crippen LogP contribution in [-0.2, 0) is 4.79 Å². The van der Waals surface area contributed by atoms with Gasteiger partial charge in [-0.25, -0.2) is 8.78 Å². The van der Waals surface area contributed by atoms with Crippen LogP contribution < -0.4 is 0 Å². The summed E-state index contributed by atoms with van der Waals surface area (Å²) in [6.07, 6.45) is 0. The van der Waals surface area contributed by atoms with Crippen LogP contribution in [0.15, 0.2) is 18.2 Å². The van der Waals surface area contributed by atoms with Crippen LogP contribution in [0.4, 0.5) is 8.78 Å². The first kappa shape index (κ1) is 10.1. The fourth-order valence-electron chi connectivity index (χ4n) is 0.864. The van der Waals surface area contributed by atoms with Crippen molar-refractivity contribution in [2.45, 2.75) is 4.83 Å². The summed E-state index contributed by atoms with van der Waals surface area (Å²) < 4.78 is 25.2. The van der Waals surface area contributed by atoms with Crippen LogP contribution in [0, 0.1) is 11.6 Å². The van der Waals surface area contributed by atoms with Gasteiger partial charge < -0.3 is 5.11 Å². The van der Waals surface area contributed by atoms with Crippen LogP contribution >= 0.6 is 15.9 Å². The minimum atomic E-state index is -1.19. The Labute approximate surface area is 81.3 Å². The number of halogens is 3. The lowest BCUT2D eigenvalue weighted by molar-refractivity contribution is -0.136. The molecule has 0 aliphatic rings. The van der Waals surface area contributed by atoms with Crippen LogP contribution in [0.5, 0.6) is 0 Å². The van der Waals surface area contributed by atoms with Gasteiger partial charge in [-0.2, -0.15) is 0 Å². The molecule has 0 heterocycles. The number of carboxylic acids is 1. The van der Waals surface area contributed by atoms with E-state index in [0.717, 1.165) is 12.1 Å². The summed E-state index contributed by atoms with van der Waals surface area (Å²) in [5.41, 5.74) is 0.0463. The average molecular weight is 251 g/mol. The highest BCUT2D eigenvalue weighted by Gasteiger charge is 2.17. The maximum Gasteiger partial charge on any atom is 0.321 e. The van der Waals surface area contributed by atoms with Crippen molar-refractivity contribution >= 4 is 21.9 Å². The van der Waals surface area contributed by atoms with Crippen molar-refractivity contribution in [1.29, 1.82) is 0 Å². The largest absolute Gasteiger partial charge is 0.480 e. The minimum Gasteiger partial charge on any atom is -0.480 e. The Morgan fingerprint density at radius 3 is 2.15 bits per heavy atom. The summed E-state index contributed by atoms with van der Waals surface area (Å²) in [5.74, 6) is -2.77. The third kappa shape index (κ3) is 2.48. The zero-order valence-electron chi connectivity index (χ0n) is 6.30. The molecule has 2 nitrogen and oxygen atoms in total. The van der Waals surface area contributed by atoms with Gasteiger partial charge in [0.2, 0.25) is 0 Å². The van der Waals surface area contributed by atoms with E-state index >= 15 is 0 Å². The van der Waals surface area contributed by atoms with Crippen LogP contribution in [0.25, 0.3) is 0 Å². The number of alkyl halides is 1. The molecule has 1 rings (SSSR count). The molecular weight excluding hydrogens is 246 g/mol. The van der Waals surface area contributed by atoms with E-state index in [-0.39, 0.29) is 5.56 Å². The number of hydrogen-bond donors (Lipinski definition) is 1. The highest BCUT2D eigenvalue weighted by molar-refractivity contribution is 9.09. The van der Waals surface area contributed by atoms with Gasteiger partial charge in [0, 0.05) is 6.07 Å². The number of aliphatic carboxylic acids is 1. The average Bonchev–Trinajstić information content (AvgIpc) is 2.01. The third-order valence-electron chi connectivity index (χ3n) is 1.39. The molecule has 5 heteroatoms. The SMILES string of the molecule is O=C(O)C(Br)c1cc(F)cc(F)c1. The standard InChI is InChI=1S/C8H5BrF2O2/c9-7(8(12)13)4-1-5(10)3-6(11)2-4/h1-3,7H,(H,12,13). The first-order valence-corrected chi connectivity index (χ1v) is 4.25. The van der Waals surface area contributed by atoms with E-state index < -0.39 is 22.4 Å². The Kier molecular flexibility index (Phi) is 2.98. The molecule has 0 saturated carbocycles. The summed E-state index contributed by atoms with van der Waals surface area (Å²) in [5, 5.41) is 8.53. The fourth-order valence-corrected chi connectivity index (χ4v) is 1.13. The fraction of sp³-hybridized carbons (Fsp3) is 0.125. The predicted octanol–water partition coefficient (Wildman–Crippen LogP) is 2.49. The highest BCUT2D eigenvalue weighted by atomic mass is 79.9. The van der Waals surface area contributed by atoms with Gasteiger partial charge >= 0.3 is 5.97 Å². The van der Waals surface area contributed by atoms with Gasteiger partial charge in [-0.1, -0.05) is 15.9 Å². The van der Waals surface area contributed by atoms with Crippen molar-refractivity contribution in [2.24, 2.45) is 0 Å². The topological polar surface area (TPSA) is 37.3 Å². The molecule has 1 atom stereocenters. The molecule has 1 N–H and O–H groups in total. The van der Waals surface area contributed by atoms with E-state index in [2.05, 4.69) is 15.9 Å². The zero-order chi connectivity index (χ0) is 10.0. The van der Waals surface area contributed by atoms with Gasteiger partial charge in [0.15, 0.2) is 0 Å². The van der Waals surface area contributed by atoms with Crippen molar-refractivity contribution in [3.05, 3.63) is 35.4 Å². The quantitative estimate of drug-likeness (QED) is 0.820. The summed E-state index contributed by atoms with van der Waals surface area (Å²) in [4.78, 5) is 9.35. The van der Waals surface area contributed by atoms with E-state index in [9.17, 15) is 13.6 Å². The molecule has 13 heavy (non-hydrogen) atoms. The number of hydrogen-bond acceptors (Lipinski definition) is 1. The lowest BCUT2D eigenvalue weighted by Gasteiger charge is -2.04. The first-order valence-electron chi connectivity index (χ1n) is 3.33. The summed E-state index contributed by atoms with van der Waals surface area (Å²) in [7, 11) is 0. The number of carbonyl (C=O) groups is 1. The Balaban J connectivity index is 3.07. The van der Waals surface area contributed by atoms with Crippen molar-refractivity contribution < 1.29 is 18.7 Å². The molecule has 0 aliphatic carbocycles. The molecule has 0 spiro atoms. The van der Waals surface area contributed by atoms with Gasteiger partial charge in [0.1, 0.15) is 16.5 Å². The second-order valence-electron chi connectivity index (χ2n) is 2.40. The van der Waals surface area contributed by atoms with Crippen LogP contribution in [0.1, 0.15) is 10.4 Å².